The third kappa shape index (κ3) is 4.59. The Morgan fingerprint density at radius 2 is 1.73 bits per heavy atom. The molecule has 2 saturated heterocycles. The Morgan fingerprint density at radius 3 is 2.45 bits per heavy atom. The smallest absolute Gasteiger partial charge is 0.251 e. The van der Waals surface area contributed by atoms with Crippen LogP contribution in [-0.2, 0) is 9.53 Å². The van der Waals surface area contributed by atoms with Crippen LogP contribution >= 0.6 is 12.4 Å². The summed E-state index contributed by atoms with van der Waals surface area (Å²) in [6.45, 7) is 3.71. The fraction of sp³-hybridized carbons (Fsp3) is 0.941. The number of carbonyl (C=O) groups excluding carboxylic acids is 1. The number of nitrogens with zero attached hydrogens (tertiary/aromatic N) is 1. The van der Waals surface area contributed by atoms with Crippen LogP contribution in [0.25, 0.3) is 0 Å². The van der Waals surface area contributed by atoms with Crippen molar-refractivity contribution in [1.82, 2.24) is 10.2 Å². The highest BCUT2D eigenvalue weighted by molar-refractivity contribution is 5.85. The zero-order chi connectivity index (χ0) is 14.7. The molecule has 1 aliphatic carbocycles. The van der Waals surface area contributed by atoms with Crippen molar-refractivity contribution in [2.45, 2.75) is 89.0 Å². The average molecular weight is 331 g/mol. The molecule has 128 valence electrons. The zero-order valence-electron chi connectivity index (χ0n) is 13.8. The SMILES string of the molecule is CC(OC1CCCCCC1)C(=O)N1CCC2CCC(C1)N2.Cl. The number of halogens is 1. The minimum atomic E-state index is -0.273. The van der Waals surface area contributed by atoms with E-state index in [1.54, 1.807) is 0 Å². The standard InChI is InChI=1S/C17H30N2O2.ClH/c1-13(21-16-6-4-2-3-5-7-16)17(20)19-11-10-14-8-9-15(12-19)18-14;/h13-16,18H,2-12H2,1H3;1H. The summed E-state index contributed by atoms with van der Waals surface area (Å²) in [7, 11) is 0. The third-order valence-corrected chi connectivity index (χ3v) is 5.38. The number of hydrogen-bond acceptors (Lipinski definition) is 3. The van der Waals surface area contributed by atoms with Crippen molar-refractivity contribution in [3.63, 3.8) is 0 Å². The van der Waals surface area contributed by atoms with Crippen LogP contribution in [0, 0.1) is 0 Å². The van der Waals surface area contributed by atoms with Crippen LogP contribution in [0.5, 0.6) is 0 Å². The largest absolute Gasteiger partial charge is 0.365 e. The maximum absolute atomic E-state index is 12.7. The lowest BCUT2D eigenvalue weighted by Gasteiger charge is -2.29. The molecular weight excluding hydrogens is 300 g/mol. The van der Waals surface area contributed by atoms with Gasteiger partial charge in [-0.15, -0.1) is 12.4 Å². The van der Waals surface area contributed by atoms with Crippen LogP contribution < -0.4 is 5.32 Å². The molecule has 2 heterocycles. The molecule has 0 aromatic carbocycles. The molecular formula is C17H31ClN2O2. The third-order valence-electron chi connectivity index (χ3n) is 5.38. The number of fused-ring (bicyclic) bond motifs is 2. The van der Waals surface area contributed by atoms with E-state index in [1.807, 2.05) is 11.8 Å². The lowest BCUT2D eigenvalue weighted by molar-refractivity contribution is -0.147. The Bertz CT molecular complexity index is 359. The molecule has 4 nitrogen and oxygen atoms in total. The first-order valence-electron chi connectivity index (χ1n) is 8.92. The predicted octanol–water partition coefficient (Wildman–Crippen LogP) is 2.89. The monoisotopic (exact) mass is 330 g/mol. The molecule has 0 radical (unpaired) electrons. The molecule has 3 fully saturated rings. The lowest BCUT2D eigenvalue weighted by atomic mass is 10.1. The molecule has 1 amide bonds. The van der Waals surface area contributed by atoms with Gasteiger partial charge < -0.3 is 15.0 Å². The van der Waals surface area contributed by atoms with Gasteiger partial charge in [0, 0.05) is 25.2 Å². The highest BCUT2D eigenvalue weighted by atomic mass is 35.5. The van der Waals surface area contributed by atoms with Gasteiger partial charge >= 0.3 is 0 Å². The Morgan fingerprint density at radius 1 is 1.05 bits per heavy atom. The van der Waals surface area contributed by atoms with Gasteiger partial charge in [-0.3, -0.25) is 4.79 Å². The summed E-state index contributed by atoms with van der Waals surface area (Å²) in [6.07, 6.45) is 11.0. The number of hydrogen-bond donors (Lipinski definition) is 1. The molecule has 3 aliphatic rings. The molecule has 5 heteroatoms. The minimum Gasteiger partial charge on any atom is -0.365 e. The van der Waals surface area contributed by atoms with Crippen molar-refractivity contribution < 1.29 is 9.53 Å². The fourth-order valence-electron chi connectivity index (χ4n) is 4.13. The first-order valence-corrected chi connectivity index (χ1v) is 8.92. The Hall–Kier alpha value is -0.320. The summed E-state index contributed by atoms with van der Waals surface area (Å²) in [4.78, 5) is 14.7. The second-order valence-corrected chi connectivity index (χ2v) is 7.10. The van der Waals surface area contributed by atoms with E-state index in [9.17, 15) is 4.79 Å². The summed E-state index contributed by atoms with van der Waals surface area (Å²) in [5.74, 6) is 0.202. The van der Waals surface area contributed by atoms with E-state index in [0.717, 1.165) is 32.4 Å². The highest BCUT2D eigenvalue weighted by Crippen LogP contribution is 2.23. The number of rotatable bonds is 3. The van der Waals surface area contributed by atoms with Crippen LogP contribution in [-0.4, -0.2) is 48.2 Å². The average Bonchev–Trinajstić information content (AvgIpc) is 2.66. The number of likely N-dealkylation sites (tertiary alicyclic amines) is 1. The summed E-state index contributed by atoms with van der Waals surface area (Å²) in [5.41, 5.74) is 0. The van der Waals surface area contributed by atoms with Crippen LogP contribution in [0.1, 0.15) is 64.7 Å². The quantitative estimate of drug-likeness (QED) is 0.809. The molecule has 2 aliphatic heterocycles. The molecule has 0 aromatic rings. The topological polar surface area (TPSA) is 41.6 Å². The van der Waals surface area contributed by atoms with Crippen molar-refractivity contribution in [3.8, 4) is 0 Å². The van der Waals surface area contributed by atoms with Crippen molar-refractivity contribution >= 4 is 18.3 Å². The van der Waals surface area contributed by atoms with Gasteiger partial charge in [0.1, 0.15) is 6.10 Å². The molecule has 3 atom stereocenters. The normalized spacial score (nSPS) is 31.0. The molecule has 2 bridgehead atoms. The molecule has 3 rings (SSSR count). The van der Waals surface area contributed by atoms with E-state index in [0.29, 0.717) is 18.2 Å². The van der Waals surface area contributed by atoms with Gasteiger partial charge in [0.2, 0.25) is 0 Å². The molecule has 0 aromatic heterocycles. The second kappa shape index (κ2) is 8.51. The summed E-state index contributed by atoms with van der Waals surface area (Å²) < 4.78 is 6.10. The van der Waals surface area contributed by atoms with Crippen LogP contribution in [0.3, 0.4) is 0 Å². The van der Waals surface area contributed by atoms with Gasteiger partial charge in [0.25, 0.3) is 5.91 Å². The van der Waals surface area contributed by atoms with Gasteiger partial charge in [0.15, 0.2) is 0 Å². The summed E-state index contributed by atoms with van der Waals surface area (Å²) in [5, 5.41) is 3.63. The van der Waals surface area contributed by atoms with E-state index < -0.39 is 0 Å². The summed E-state index contributed by atoms with van der Waals surface area (Å²) in [6, 6.07) is 1.14. The van der Waals surface area contributed by atoms with Gasteiger partial charge in [-0.05, 0) is 39.0 Å². The van der Waals surface area contributed by atoms with Crippen LogP contribution in [0.2, 0.25) is 0 Å². The second-order valence-electron chi connectivity index (χ2n) is 7.10. The Labute approximate surface area is 140 Å². The van der Waals surface area contributed by atoms with Crippen LogP contribution in [0.15, 0.2) is 0 Å². The maximum atomic E-state index is 12.7. The van der Waals surface area contributed by atoms with Gasteiger partial charge in [-0.25, -0.2) is 0 Å². The number of amides is 1. The Kier molecular flexibility index (Phi) is 6.97. The van der Waals surface area contributed by atoms with Crippen LogP contribution in [0.4, 0.5) is 0 Å². The van der Waals surface area contributed by atoms with Crippen molar-refractivity contribution in [1.29, 1.82) is 0 Å². The Balaban J connectivity index is 0.00000176. The first-order chi connectivity index (χ1) is 10.2. The fourth-order valence-corrected chi connectivity index (χ4v) is 4.13. The van der Waals surface area contributed by atoms with Gasteiger partial charge in [-0.2, -0.15) is 0 Å². The number of ether oxygens (including phenoxy) is 1. The van der Waals surface area contributed by atoms with E-state index in [4.69, 9.17) is 4.74 Å². The maximum Gasteiger partial charge on any atom is 0.251 e. The van der Waals surface area contributed by atoms with Gasteiger partial charge in [0.05, 0.1) is 6.10 Å². The molecule has 1 N–H and O–H groups in total. The van der Waals surface area contributed by atoms with E-state index in [1.165, 1.54) is 38.5 Å². The molecule has 22 heavy (non-hydrogen) atoms. The minimum absolute atomic E-state index is 0. The van der Waals surface area contributed by atoms with E-state index >= 15 is 0 Å². The summed E-state index contributed by atoms with van der Waals surface area (Å²) >= 11 is 0. The van der Waals surface area contributed by atoms with Crippen molar-refractivity contribution in [3.05, 3.63) is 0 Å². The lowest BCUT2D eigenvalue weighted by Crippen LogP contribution is -2.44. The number of nitrogens with one attached hydrogen (secondary N) is 1. The van der Waals surface area contributed by atoms with E-state index in [2.05, 4.69) is 5.32 Å². The van der Waals surface area contributed by atoms with Crippen molar-refractivity contribution in [2.24, 2.45) is 0 Å². The first kappa shape index (κ1) is 18.0. The van der Waals surface area contributed by atoms with E-state index in [-0.39, 0.29) is 24.4 Å². The molecule has 1 saturated carbocycles. The van der Waals surface area contributed by atoms with Gasteiger partial charge in [-0.1, -0.05) is 25.7 Å². The van der Waals surface area contributed by atoms with Crippen molar-refractivity contribution in [2.75, 3.05) is 13.1 Å². The zero-order valence-corrected chi connectivity index (χ0v) is 14.6. The molecule has 3 unspecified atom stereocenters. The highest BCUT2D eigenvalue weighted by Gasteiger charge is 2.33. The number of carbonyl (C=O) groups is 1. The predicted molar refractivity (Wildman–Crippen MR) is 90.4 cm³/mol. The molecule has 0 spiro atoms.